The summed E-state index contributed by atoms with van der Waals surface area (Å²) in [5.74, 6) is -0.805. The molecule has 1 heterocycles. The van der Waals surface area contributed by atoms with Crippen molar-refractivity contribution in [3.8, 4) is 0 Å². The molecule has 1 unspecified atom stereocenters. The van der Waals surface area contributed by atoms with Crippen molar-refractivity contribution in [2.45, 2.75) is 44.9 Å². The van der Waals surface area contributed by atoms with Crippen LogP contribution in [0.25, 0.3) is 0 Å². The molecule has 0 radical (unpaired) electrons. The molecule has 1 fully saturated rings. The van der Waals surface area contributed by atoms with Crippen LogP contribution in [-0.4, -0.2) is 105 Å². The van der Waals surface area contributed by atoms with Crippen LogP contribution < -0.4 is 5.32 Å². The summed E-state index contributed by atoms with van der Waals surface area (Å²) in [6.07, 6.45) is 2.00. The Labute approximate surface area is 167 Å². The Balaban J connectivity index is 2.16. The van der Waals surface area contributed by atoms with Gasteiger partial charge >= 0.3 is 5.97 Å². The minimum Gasteiger partial charge on any atom is -0.481 e. The topological polar surface area (TPSA) is 113 Å². The van der Waals surface area contributed by atoms with E-state index in [0.717, 1.165) is 25.9 Å². The Morgan fingerprint density at radius 3 is 2.36 bits per heavy atom. The molecule has 0 aromatic rings. The van der Waals surface area contributed by atoms with Crippen molar-refractivity contribution in [1.29, 1.82) is 0 Å². The standard InChI is InChI=1S/C18H37N3O7/c1-16(22)20(2)27-14-15-28-21(17-5-7-19-8-6-17)9-11-26-13-12-25-10-3-4-18(23)24/h16-17,19,22H,3-15H2,1-2H3,(H,23,24). The van der Waals surface area contributed by atoms with Crippen LogP contribution >= 0.6 is 0 Å². The smallest absolute Gasteiger partial charge is 0.303 e. The van der Waals surface area contributed by atoms with Crippen molar-refractivity contribution in [2.75, 3.05) is 66.3 Å². The predicted octanol–water partition coefficient (Wildman–Crippen LogP) is 0.0717. The number of hydrogen-bond donors (Lipinski definition) is 3. The summed E-state index contributed by atoms with van der Waals surface area (Å²) >= 11 is 0. The molecule has 1 saturated heterocycles. The predicted molar refractivity (Wildman–Crippen MR) is 102 cm³/mol. The van der Waals surface area contributed by atoms with E-state index in [9.17, 15) is 9.90 Å². The average molecular weight is 408 g/mol. The highest BCUT2D eigenvalue weighted by Crippen LogP contribution is 2.12. The third-order valence-corrected chi connectivity index (χ3v) is 4.38. The van der Waals surface area contributed by atoms with E-state index in [2.05, 4.69) is 5.32 Å². The first-order chi connectivity index (χ1) is 13.5. The molecule has 0 amide bonds. The average Bonchev–Trinajstić information content (AvgIpc) is 2.68. The van der Waals surface area contributed by atoms with Crippen LogP contribution in [-0.2, 0) is 23.9 Å². The van der Waals surface area contributed by atoms with Gasteiger partial charge in [-0.15, -0.1) is 0 Å². The molecule has 10 nitrogen and oxygen atoms in total. The van der Waals surface area contributed by atoms with Crippen LogP contribution in [0.4, 0.5) is 0 Å². The molecule has 1 rings (SSSR count). The molecule has 3 N–H and O–H groups in total. The fraction of sp³-hybridized carbons (Fsp3) is 0.944. The lowest BCUT2D eigenvalue weighted by Crippen LogP contribution is -2.45. The van der Waals surface area contributed by atoms with Crippen LogP contribution in [0.15, 0.2) is 0 Å². The van der Waals surface area contributed by atoms with Crippen molar-refractivity contribution < 1.29 is 34.2 Å². The molecule has 28 heavy (non-hydrogen) atoms. The molecular weight excluding hydrogens is 370 g/mol. The summed E-state index contributed by atoms with van der Waals surface area (Å²) in [4.78, 5) is 21.7. The van der Waals surface area contributed by atoms with E-state index < -0.39 is 12.2 Å². The van der Waals surface area contributed by atoms with E-state index in [4.69, 9.17) is 24.3 Å². The van der Waals surface area contributed by atoms with Gasteiger partial charge in [0.05, 0.1) is 33.0 Å². The summed E-state index contributed by atoms with van der Waals surface area (Å²) in [6.45, 7) is 6.85. The molecule has 1 atom stereocenters. The second-order valence-corrected chi connectivity index (χ2v) is 6.69. The summed E-state index contributed by atoms with van der Waals surface area (Å²) < 4.78 is 11.0. The number of aliphatic hydroxyl groups is 1. The number of aliphatic carboxylic acids is 1. The molecule has 0 bridgehead atoms. The van der Waals surface area contributed by atoms with Gasteiger partial charge in [-0.1, -0.05) is 0 Å². The Bertz CT molecular complexity index is 395. The van der Waals surface area contributed by atoms with Crippen molar-refractivity contribution in [3.05, 3.63) is 0 Å². The zero-order chi connectivity index (χ0) is 20.6. The zero-order valence-electron chi connectivity index (χ0n) is 17.2. The highest BCUT2D eigenvalue weighted by Gasteiger charge is 2.21. The second kappa shape index (κ2) is 16.0. The SMILES string of the molecule is CC(O)N(C)OCCON(CCOCCOCCCC(=O)O)C1CCNCC1. The Morgan fingerprint density at radius 2 is 1.71 bits per heavy atom. The lowest BCUT2D eigenvalue weighted by Gasteiger charge is -2.33. The first kappa shape index (κ1) is 25.2. The lowest BCUT2D eigenvalue weighted by atomic mass is 10.1. The molecule has 0 spiro atoms. The molecule has 166 valence electrons. The van der Waals surface area contributed by atoms with Gasteiger partial charge in [-0.05, 0) is 39.3 Å². The first-order valence-electron chi connectivity index (χ1n) is 10.0. The third-order valence-electron chi connectivity index (χ3n) is 4.38. The van der Waals surface area contributed by atoms with Crippen molar-refractivity contribution in [2.24, 2.45) is 0 Å². The Morgan fingerprint density at radius 1 is 1.07 bits per heavy atom. The van der Waals surface area contributed by atoms with Crippen LogP contribution in [0.3, 0.4) is 0 Å². The molecule has 0 aromatic carbocycles. The molecule has 0 aromatic heterocycles. The minimum absolute atomic E-state index is 0.125. The molecule has 0 saturated carbocycles. The molecule has 10 heteroatoms. The van der Waals surface area contributed by atoms with Crippen LogP contribution in [0.2, 0.25) is 0 Å². The monoisotopic (exact) mass is 407 g/mol. The summed E-state index contributed by atoms with van der Waals surface area (Å²) in [6, 6.07) is 0.339. The second-order valence-electron chi connectivity index (χ2n) is 6.69. The summed E-state index contributed by atoms with van der Waals surface area (Å²) in [5.41, 5.74) is 0. The maximum atomic E-state index is 10.4. The Hall–Kier alpha value is -0.850. The van der Waals surface area contributed by atoms with Gasteiger partial charge in [-0.25, -0.2) is 0 Å². The fourth-order valence-corrected chi connectivity index (χ4v) is 2.69. The number of carbonyl (C=O) groups is 1. The normalized spacial score (nSPS) is 16.8. The fourth-order valence-electron chi connectivity index (χ4n) is 2.69. The molecule has 1 aliphatic heterocycles. The number of hydroxylamine groups is 4. The zero-order valence-corrected chi connectivity index (χ0v) is 17.2. The van der Waals surface area contributed by atoms with Crippen molar-refractivity contribution in [3.63, 3.8) is 0 Å². The van der Waals surface area contributed by atoms with Crippen LogP contribution in [0, 0.1) is 0 Å². The minimum atomic E-state index is -0.805. The number of nitrogens with one attached hydrogen (secondary N) is 1. The summed E-state index contributed by atoms with van der Waals surface area (Å²) in [5, 5.41) is 24.6. The number of carboxylic acid groups (broad SMARTS) is 1. The van der Waals surface area contributed by atoms with Gasteiger partial charge in [0.1, 0.15) is 6.23 Å². The number of aliphatic hydroxyl groups excluding tert-OH is 1. The van der Waals surface area contributed by atoms with Gasteiger partial charge in [0.25, 0.3) is 0 Å². The number of nitrogens with zero attached hydrogens (tertiary/aromatic N) is 2. The maximum Gasteiger partial charge on any atom is 0.303 e. The highest BCUT2D eigenvalue weighted by molar-refractivity contribution is 5.66. The van der Waals surface area contributed by atoms with E-state index >= 15 is 0 Å². The number of hydrogen-bond acceptors (Lipinski definition) is 9. The van der Waals surface area contributed by atoms with E-state index in [1.807, 2.05) is 5.06 Å². The maximum absolute atomic E-state index is 10.4. The van der Waals surface area contributed by atoms with Crippen molar-refractivity contribution >= 4 is 5.97 Å². The molecular formula is C18H37N3O7. The van der Waals surface area contributed by atoms with Gasteiger partial charge in [-0.2, -0.15) is 10.1 Å². The third kappa shape index (κ3) is 12.6. The number of rotatable bonds is 17. The van der Waals surface area contributed by atoms with Gasteiger partial charge in [0, 0.05) is 32.7 Å². The van der Waals surface area contributed by atoms with Crippen LogP contribution in [0.5, 0.6) is 0 Å². The van der Waals surface area contributed by atoms with E-state index in [1.54, 1.807) is 14.0 Å². The van der Waals surface area contributed by atoms with Gasteiger partial charge in [-0.3, -0.25) is 14.5 Å². The molecule has 1 aliphatic rings. The molecule has 0 aliphatic carbocycles. The van der Waals surface area contributed by atoms with Crippen LogP contribution in [0.1, 0.15) is 32.6 Å². The number of ether oxygens (including phenoxy) is 2. The van der Waals surface area contributed by atoms with Gasteiger partial charge in [0.2, 0.25) is 0 Å². The summed E-state index contributed by atoms with van der Waals surface area (Å²) in [7, 11) is 1.67. The largest absolute Gasteiger partial charge is 0.481 e. The highest BCUT2D eigenvalue weighted by atomic mass is 16.7. The van der Waals surface area contributed by atoms with E-state index in [0.29, 0.717) is 58.6 Å². The quantitative estimate of drug-likeness (QED) is 0.174. The van der Waals surface area contributed by atoms with E-state index in [-0.39, 0.29) is 6.42 Å². The Kier molecular flexibility index (Phi) is 14.4. The number of piperidine rings is 1. The van der Waals surface area contributed by atoms with E-state index in [1.165, 1.54) is 5.06 Å². The van der Waals surface area contributed by atoms with Gasteiger partial charge in [0.15, 0.2) is 0 Å². The lowest BCUT2D eigenvalue weighted by molar-refractivity contribution is -0.252. The van der Waals surface area contributed by atoms with Crippen molar-refractivity contribution in [1.82, 2.24) is 15.4 Å². The van der Waals surface area contributed by atoms with Gasteiger partial charge < -0.3 is 25.0 Å². The first-order valence-corrected chi connectivity index (χ1v) is 10.0. The number of carboxylic acids is 1.